The standard InChI is InChI=1S/C17H17N3O2/c1-11-17(12(2)20(3)19-11)18-16(21)9-8-14-10-13-6-4-5-7-15(13)22-14/h4-10H,1-3H3,(H,18,21)/b9-8+. The van der Waals surface area contributed by atoms with Gasteiger partial charge in [-0.1, -0.05) is 18.2 Å². The van der Waals surface area contributed by atoms with Crippen LogP contribution in [0.3, 0.4) is 0 Å². The van der Waals surface area contributed by atoms with Crippen molar-refractivity contribution in [2.75, 3.05) is 5.32 Å². The summed E-state index contributed by atoms with van der Waals surface area (Å²) in [6, 6.07) is 9.64. The highest BCUT2D eigenvalue weighted by molar-refractivity contribution is 6.02. The van der Waals surface area contributed by atoms with E-state index in [0.29, 0.717) is 5.76 Å². The van der Waals surface area contributed by atoms with Gasteiger partial charge in [0.25, 0.3) is 0 Å². The number of furan rings is 1. The number of benzene rings is 1. The fourth-order valence-corrected chi connectivity index (χ4v) is 2.36. The van der Waals surface area contributed by atoms with Crippen LogP contribution in [0.25, 0.3) is 17.0 Å². The molecule has 5 nitrogen and oxygen atoms in total. The van der Waals surface area contributed by atoms with Gasteiger partial charge in [-0.05, 0) is 32.1 Å². The van der Waals surface area contributed by atoms with E-state index in [1.54, 1.807) is 10.8 Å². The molecule has 1 N–H and O–H groups in total. The smallest absolute Gasteiger partial charge is 0.248 e. The zero-order valence-corrected chi connectivity index (χ0v) is 12.8. The molecule has 2 aromatic heterocycles. The van der Waals surface area contributed by atoms with Gasteiger partial charge in [0, 0.05) is 18.5 Å². The molecule has 1 aromatic carbocycles. The van der Waals surface area contributed by atoms with Gasteiger partial charge in [0.2, 0.25) is 5.91 Å². The summed E-state index contributed by atoms with van der Waals surface area (Å²) < 4.78 is 7.38. The Bertz CT molecular complexity index is 838. The molecule has 0 radical (unpaired) electrons. The summed E-state index contributed by atoms with van der Waals surface area (Å²) >= 11 is 0. The predicted octanol–water partition coefficient (Wildman–Crippen LogP) is 3.44. The van der Waals surface area contributed by atoms with E-state index in [2.05, 4.69) is 10.4 Å². The number of rotatable bonds is 3. The van der Waals surface area contributed by atoms with Crippen LogP contribution in [-0.2, 0) is 11.8 Å². The number of amides is 1. The molecule has 0 bridgehead atoms. The Labute approximate surface area is 128 Å². The first kappa shape index (κ1) is 14.1. The predicted molar refractivity (Wildman–Crippen MR) is 86.6 cm³/mol. The molecule has 1 amide bonds. The van der Waals surface area contributed by atoms with Crippen molar-refractivity contribution in [1.82, 2.24) is 9.78 Å². The molecule has 5 heteroatoms. The van der Waals surface area contributed by atoms with Gasteiger partial charge in [0.15, 0.2) is 0 Å². The largest absolute Gasteiger partial charge is 0.457 e. The van der Waals surface area contributed by atoms with Crippen LogP contribution in [0.2, 0.25) is 0 Å². The van der Waals surface area contributed by atoms with Gasteiger partial charge in [-0.15, -0.1) is 0 Å². The average Bonchev–Trinajstić information content (AvgIpc) is 3.01. The minimum absolute atomic E-state index is 0.209. The summed E-state index contributed by atoms with van der Waals surface area (Å²) in [6.07, 6.45) is 3.12. The van der Waals surface area contributed by atoms with Crippen LogP contribution < -0.4 is 5.32 Å². The maximum Gasteiger partial charge on any atom is 0.248 e. The van der Waals surface area contributed by atoms with E-state index in [-0.39, 0.29) is 5.91 Å². The van der Waals surface area contributed by atoms with Crippen molar-refractivity contribution < 1.29 is 9.21 Å². The molecule has 22 heavy (non-hydrogen) atoms. The topological polar surface area (TPSA) is 60.1 Å². The second-order valence-electron chi connectivity index (χ2n) is 5.18. The molecule has 3 rings (SSSR count). The van der Waals surface area contributed by atoms with Gasteiger partial charge >= 0.3 is 0 Å². The lowest BCUT2D eigenvalue weighted by molar-refractivity contribution is -0.111. The quantitative estimate of drug-likeness (QED) is 0.753. The minimum Gasteiger partial charge on any atom is -0.457 e. The highest BCUT2D eigenvalue weighted by atomic mass is 16.3. The summed E-state index contributed by atoms with van der Waals surface area (Å²) in [4.78, 5) is 12.0. The summed E-state index contributed by atoms with van der Waals surface area (Å²) in [5, 5.41) is 8.14. The van der Waals surface area contributed by atoms with Crippen molar-refractivity contribution in [3.05, 3.63) is 53.6 Å². The SMILES string of the molecule is Cc1nn(C)c(C)c1NC(=O)/C=C/c1cc2ccccc2o1. The fraction of sp³-hybridized carbons (Fsp3) is 0.176. The lowest BCUT2D eigenvalue weighted by Crippen LogP contribution is -2.09. The molecule has 0 saturated carbocycles. The van der Waals surface area contributed by atoms with Crippen molar-refractivity contribution in [3.63, 3.8) is 0 Å². The number of aryl methyl sites for hydroxylation is 2. The fourth-order valence-electron chi connectivity index (χ4n) is 2.36. The molecule has 0 unspecified atom stereocenters. The van der Waals surface area contributed by atoms with Crippen molar-refractivity contribution in [2.45, 2.75) is 13.8 Å². The highest BCUT2D eigenvalue weighted by Crippen LogP contribution is 2.20. The monoisotopic (exact) mass is 295 g/mol. The number of carbonyl (C=O) groups is 1. The summed E-state index contributed by atoms with van der Waals surface area (Å²) in [6.45, 7) is 3.78. The van der Waals surface area contributed by atoms with Gasteiger partial charge in [-0.25, -0.2) is 0 Å². The van der Waals surface area contributed by atoms with Crippen molar-refractivity contribution in [2.24, 2.45) is 7.05 Å². The van der Waals surface area contributed by atoms with E-state index in [0.717, 1.165) is 28.0 Å². The van der Waals surface area contributed by atoms with Gasteiger partial charge in [-0.2, -0.15) is 5.10 Å². The molecule has 112 valence electrons. The molecule has 0 atom stereocenters. The van der Waals surface area contributed by atoms with Crippen LogP contribution in [0, 0.1) is 13.8 Å². The number of para-hydroxylation sites is 1. The summed E-state index contributed by atoms with van der Waals surface area (Å²) in [5.74, 6) is 0.440. The molecule has 0 aliphatic rings. The van der Waals surface area contributed by atoms with Crippen molar-refractivity contribution >= 4 is 28.6 Å². The number of fused-ring (bicyclic) bond motifs is 1. The first-order chi connectivity index (χ1) is 10.5. The van der Waals surface area contributed by atoms with E-state index in [4.69, 9.17) is 4.42 Å². The summed E-state index contributed by atoms with van der Waals surface area (Å²) in [7, 11) is 1.85. The molecule has 0 aliphatic carbocycles. The van der Waals surface area contributed by atoms with Crippen LogP contribution in [0.5, 0.6) is 0 Å². The number of nitrogens with zero attached hydrogens (tertiary/aromatic N) is 2. The number of hydrogen-bond acceptors (Lipinski definition) is 3. The molecular weight excluding hydrogens is 278 g/mol. The van der Waals surface area contributed by atoms with E-state index >= 15 is 0 Å². The van der Waals surface area contributed by atoms with Crippen LogP contribution >= 0.6 is 0 Å². The molecule has 0 spiro atoms. The Morgan fingerprint density at radius 3 is 2.77 bits per heavy atom. The number of nitrogens with one attached hydrogen (secondary N) is 1. The Morgan fingerprint density at radius 1 is 1.32 bits per heavy atom. The molecule has 0 aliphatic heterocycles. The van der Waals surface area contributed by atoms with E-state index in [1.165, 1.54) is 6.08 Å². The zero-order chi connectivity index (χ0) is 15.7. The van der Waals surface area contributed by atoms with E-state index < -0.39 is 0 Å². The number of aromatic nitrogens is 2. The Kier molecular flexibility index (Phi) is 3.55. The minimum atomic E-state index is -0.209. The Hall–Kier alpha value is -2.82. The maximum atomic E-state index is 12.0. The zero-order valence-electron chi connectivity index (χ0n) is 12.8. The lowest BCUT2D eigenvalue weighted by atomic mass is 10.2. The first-order valence-electron chi connectivity index (χ1n) is 7.02. The van der Waals surface area contributed by atoms with Gasteiger partial charge in [-0.3, -0.25) is 9.48 Å². The molecule has 0 fully saturated rings. The van der Waals surface area contributed by atoms with Crippen LogP contribution in [0.4, 0.5) is 5.69 Å². The second-order valence-corrected chi connectivity index (χ2v) is 5.18. The number of hydrogen-bond donors (Lipinski definition) is 1. The second kappa shape index (κ2) is 5.52. The highest BCUT2D eigenvalue weighted by Gasteiger charge is 2.10. The average molecular weight is 295 g/mol. The normalized spacial score (nSPS) is 11.4. The summed E-state index contributed by atoms with van der Waals surface area (Å²) in [5.41, 5.74) is 3.27. The van der Waals surface area contributed by atoms with Crippen LogP contribution in [0.15, 0.2) is 40.8 Å². The van der Waals surface area contributed by atoms with E-state index in [9.17, 15) is 4.79 Å². The van der Waals surface area contributed by atoms with Crippen LogP contribution in [-0.4, -0.2) is 15.7 Å². The van der Waals surface area contributed by atoms with Crippen LogP contribution in [0.1, 0.15) is 17.1 Å². The van der Waals surface area contributed by atoms with E-state index in [1.807, 2.05) is 51.2 Å². The third-order valence-corrected chi connectivity index (χ3v) is 3.60. The van der Waals surface area contributed by atoms with Gasteiger partial charge in [0.1, 0.15) is 11.3 Å². The lowest BCUT2D eigenvalue weighted by Gasteiger charge is -2.01. The third kappa shape index (κ3) is 2.65. The Balaban J connectivity index is 1.76. The molecule has 3 aromatic rings. The first-order valence-corrected chi connectivity index (χ1v) is 7.02. The Morgan fingerprint density at radius 2 is 2.09 bits per heavy atom. The third-order valence-electron chi connectivity index (χ3n) is 3.60. The number of carbonyl (C=O) groups excluding carboxylic acids is 1. The maximum absolute atomic E-state index is 12.0. The van der Waals surface area contributed by atoms with Crippen molar-refractivity contribution in [3.8, 4) is 0 Å². The van der Waals surface area contributed by atoms with Gasteiger partial charge < -0.3 is 9.73 Å². The van der Waals surface area contributed by atoms with Crippen molar-refractivity contribution in [1.29, 1.82) is 0 Å². The number of anilines is 1. The molecule has 0 saturated heterocycles. The molecular formula is C17H17N3O2. The van der Waals surface area contributed by atoms with Gasteiger partial charge in [0.05, 0.1) is 17.1 Å². The molecule has 2 heterocycles.